The van der Waals surface area contributed by atoms with Gasteiger partial charge < -0.3 is 4.74 Å². The van der Waals surface area contributed by atoms with Gasteiger partial charge >= 0.3 is 0 Å². The van der Waals surface area contributed by atoms with Gasteiger partial charge in [-0.3, -0.25) is 0 Å². The van der Waals surface area contributed by atoms with Crippen molar-refractivity contribution in [3.8, 4) is 0 Å². The third-order valence-corrected chi connectivity index (χ3v) is 3.37. The Hall–Kier alpha value is -0.340. The molecule has 1 saturated heterocycles. The first kappa shape index (κ1) is 8.27. The van der Waals surface area contributed by atoms with Crippen molar-refractivity contribution in [2.45, 2.75) is 18.6 Å². The minimum atomic E-state index is 0.0291. The highest BCUT2D eigenvalue weighted by Gasteiger charge is 2.52. The molecule has 0 aromatic heterocycles. The lowest BCUT2D eigenvalue weighted by atomic mass is 10.0. The number of epoxide rings is 1. The first-order valence-corrected chi connectivity index (χ1v) is 5.17. The largest absolute Gasteiger partial charge is 0.360 e. The summed E-state index contributed by atoms with van der Waals surface area (Å²) < 4.78 is 5.59. The van der Waals surface area contributed by atoms with Crippen molar-refractivity contribution in [2.75, 3.05) is 5.33 Å². The standard InChI is InChI=1S/C10H11BrO/c1-10(7-11)9(12-10)8-5-3-2-4-6-8/h2-6,9H,7H2,1H3/t9-,10-/m0/s1. The molecular weight excluding hydrogens is 216 g/mol. The molecule has 2 rings (SSSR count). The zero-order valence-corrected chi connectivity index (χ0v) is 8.54. The summed E-state index contributed by atoms with van der Waals surface area (Å²) in [4.78, 5) is 0. The van der Waals surface area contributed by atoms with Gasteiger partial charge in [-0.1, -0.05) is 46.3 Å². The van der Waals surface area contributed by atoms with Gasteiger partial charge in [0.25, 0.3) is 0 Å². The third-order valence-electron chi connectivity index (χ3n) is 2.25. The summed E-state index contributed by atoms with van der Waals surface area (Å²) in [5, 5.41) is 0.902. The lowest BCUT2D eigenvalue weighted by Crippen LogP contribution is -2.06. The first-order chi connectivity index (χ1) is 5.76. The zero-order chi connectivity index (χ0) is 8.60. The summed E-state index contributed by atoms with van der Waals surface area (Å²) in [6, 6.07) is 10.3. The van der Waals surface area contributed by atoms with Crippen LogP contribution in [0.4, 0.5) is 0 Å². The van der Waals surface area contributed by atoms with Crippen LogP contribution >= 0.6 is 15.9 Å². The molecule has 1 fully saturated rings. The van der Waals surface area contributed by atoms with E-state index in [1.165, 1.54) is 5.56 Å². The van der Waals surface area contributed by atoms with Gasteiger partial charge in [0.2, 0.25) is 0 Å². The second-order valence-corrected chi connectivity index (χ2v) is 3.92. The molecule has 64 valence electrons. The fourth-order valence-electron chi connectivity index (χ4n) is 1.39. The highest BCUT2D eigenvalue weighted by atomic mass is 79.9. The van der Waals surface area contributed by atoms with E-state index in [4.69, 9.17) is 4.74 Å². The van der Waals surface area contributed by atoms with Crippen LogP contribution in [0.5, 0.6) is 0 Å². The third kappa shape index (κ3) is 1.29. The number of benzene rings is 1. The van der Waals surface area contributed by atoms with Crippen LogP contribution in [-0.2, 0) is 4.74 Å². The molecule has 0 N–H and O–H groups in total. The van der Waals surface area contributed by atoms with Crippen molar-refractivity contribution in [2.24, 2.45) is 0 Å². The van der Waals surface area contributed by atoms with Gasteiger partial charge in [-0.25, -0.2) is 0 Å². The number of rotatable bonds is 2. The molecule has 1 aliphatic heterocycles. The van der Waals surface area contributed by atoms with Crippen LogP contribution in [0.25, 0.3) is 0 Å². The molecule has 1 aromatic rings. The van der Waals surface area contributed by atoms with Crippen LogP contribution in [0.15, 0.2) is 30.3 Å². The van der Waals surface area contributed by atoms with Gasteiger partial charge in [0.15, 0.2) is 0 Å². The summed E-state index contributed by atoms with van der Waals surface area (Å²) >= 11 is 3.45. The summed E-state index contributed by atoms with van der Waals surface area (Å²) in [7, 11) is 0. The van der Waals surface area contributed by atoms with Crippen molar-refractivity contribution in [3.63, 3.8) is 0 Å². The van der Waals surface area contributed by atoms with E-state index in [0.717, 1.165) is 5.33 Å². The fraction of sp³-hybridized carbons (Fsp3) is 0.400. The predicted octanol–water partition coefficient (Wildman–Crippen LogP) is 2.91. The van der Waals surface area contributed by atoms with E-state index in [-0.39, 0.29) is 11.7 Å². The molecule has 1 aromatic carbocycles. The number of ether oxygens (including phenoxy) is 1. The van der Waals surface area contributed by atoms with Crippen molar-refractivity contribution in [1.82, 2.24) is 0 Å². The molecular formula is C10H11BrO. The second-order valence-electron chi connectivity index (χ2n) is 3.35. The number of hydrogen-bond donors (Lipinski definition) is 0. The van der Waals surface area contributed by atoms with E-state index in [2.05, 4.69) is 35.0 Å². The summed E-state index contributed by atoms with van der Waals surface area (Å²) in [6.07, 6.45) is 0.290. The van der Waals surface area contributed by atoms with Crippen LogP contribution in [0.1, 0.15) is 18.6 Å². The predicted molar refractivity (Wildman–Crippen MR) is 52.5 cm³/mol. The van der Waals surface area contributed by atoms with Gasteiger partial charge in [0.1, 0.15) is 11.7 Å². The average molecular weight is 227 g/mol. The van der Waals surface area contributed by atoms with Gasteiger partial charge in [-0.05, 0) is 12.5 Å². The molecule has 12 heavy (non-hydrogen) atoms. The smallest absolute Gasteiger partial charge is 0.113 e. The van der Waals surface area contributed by atoms with Crippen LogP contribution < -0.4 is 0 Å². The van der Waals surface area contributed by atoms with E-state index in [1.54, 1.807) is 0 Å². The molecule has 0 bridgehead atoms. The molecule has 1 aliphatic rings. The van der Waals surface area contributed by atoms with E-state index in [1.807, 2.05) is 18.2 Å². The molecule has 0 aliphatic carbocycles. The SMILES string of the molecule is C[C@@]1(CBr)O[C@H]1c1ccccc1. The zero-order valence-electron chi connectivity index (χ0n) is 6.96. The van der Waals surface area contributed by atoms with Crippen LogP contribution in [0.2, 0.25) is 0 Å². The topological polar surface area (TPSA) is 12.5 Å². The highest BCUT2D eigenvalue weighted by molar-refractivity contribution is 9.09. The highest BCUT2D eigenvalue weighted by Crippen LogP contribution is 2.50. The first-order valence-electron chi connectivity index (χ1n) is 4.05. The summed E-state index contributed by atoms with van der Waals surface area (Å²) in [5.41, 5.74) is 1.31. The quantitative estimate of drug-likeness (QED) is 0.559. The summed E-state index contributed by atoms with van der Waals surface area (Å²) in [6.45, 7) is 2.12. The Morgan fingerprint density at radius 2 is 2.08 bits per heavy atom. The lowest BCUT2D eigenvalue weighted by Gasteiger charge is -1.99. The molecule has 1 nitrogen and oxygen atoms in total. The molecule has 2 atom stereocenters. The average Bonchev–Trinajstić information content (AvgIpc) is 2.81. The molecule has 0 radical (unpaired) electrons. The maximum atomic E-state index is 5.59. The van der Waals surface area contributed by atoms with E-state index in [9.17, 15) is 0 Å². The Kier molecular flexibility index (Phi) is 1.97. The second kappa shape index (κ2) is 2.86. The minimum Gasteiger partial charge on any atom is -0.360 e. The van der Waals surface area contributed by atoms with Gasteiger partial charge in [0, 0.05) is 5.33 Å². The van der Waals surface area contributed by atoms with Crippen LogP contribution in [0.3, 0.4) is 0 Å². The molecule has 0 spiro atoms. The van der Waals surface area contributed by atoms with E-state index >= 15 is 0 Å². The molecule has 0 saturated carbocycles. The molecule has 2 heteroatoms. The Morgan fingerprint density at radius 3 is 2.58 bits per heavy atom. The van der Waals surface area contributed by atoms with Gasteiger partial charge in [-0.15, -0.1) is 0 Å². The maximum absolute atomic E-state index is 5.59. The van der Waals surface area contributed by atoms with Gasteiger partial charge in [0.05, 0.1) is 0 Å². The lowest BCUT2D eigenvalue weighted by molar-refractivity contribution is 0.330. The molecule has 1 heterocycles. The monoisotopic (exact) mass is 226 g/mol. The Balaban J connectivity index is 2.16. The van der Waals surface area contributed by atoms with E-state index in [0.29, 0.717) is 0 Å². The fourth-order valence-corrected chi connectivity index (χ4v) is 1.81. The minimum absolute atomic E-state index is 0.0291. The molecule has 0 unspecified atom stereocenters. The van der Waals surface area contributed by atoms with Crippen LogP contribution in [-0.4, -0.2) is 10.9 Å². The van der Waals surface area contributed by atoms with Crippen molar-refractivity contribution in [1.29, 1.82) is 0 Å². The van der Waals surface area contributed by atoms with Crippen molar-refractivity contribution in [3.05, 3.63) is 35.9 Å². The Bertz CT molecular complexity index is 272. The maximum Gasteiger partial charge on any atom is 0.113 e. The summed E-state index contributed by atoms with van der Waals surface area (Å²) in [5.74, 6) is 0. The van der Waals surface area contributed by atoms with Crippen LogP contribution in [0, 0.1) is 0 Å². The van der Waals surface area contributed by atoms with Crippen molar-refractivity contribution >= 4 is 15.9 Å². The molecule has 0 amide bonds. The number of halogens is 1. The van der Waals surface area contributed by atoms with Crippen molar-refractivity contribution < 1.29 is 4.74 Å². The Labute approximate surface area is 80.9 Å². The number of hydrogen-bond acceptors (Lipinski definition) is 1. The number of alkyl halides is 1. The Morgan fingerprint density at radius 1 is 1.42 bits per heavy atom. The van der Waals surface area contributed by atoms with Gasteiger partial charge in [-0.2, -0.15) is 0 Å². The van der Waals surface area contributed by atoms with E-state index < -0.39 is 0 Å². The normalized spacial score (nSPS) is 33.3.